The van der Waals surface area contributed by atoms with Crippen molar-refractivity contribution in [1.82, 2.24) is 19.7 Å². The van der Waals surface area contributed by atoms with Crippen molar-refractivity contribution in [2.24, 2.45) is 0 Å². The Labute approximate surface area is 152 Å². The van der Waals surface area contributed by atoms with Gasteiger partial charge in [-0.2, -0.15) is 5.10 Å². The molecule has 2 aromatic heterocycles. The highest BCUT2D eigenvalue weighted by Crippen LogP contribution is 2.27. The van der Waals surface area contributed by atoms with E-state index in [9.17, 15) is 5.11 Å². The molecule has 0 bridgehead atoms. The van der Waals surface area contributed by atoms with E-state index in [0.29, 0.717) is 12.3 Å². The molecule has 0 saturated heterocycles. The molecule has 2 heterocycles. The van der Waals surface area contributed by atoms with Crippen LogP contribution in [0.15, 0.2) is 73.3 Å². The first-order valence-electron chi connectivity index (χ1n) is 8.53. The van der Waals surface area contributed by atoms with Crippen LogP contribution in [0.3, 0.4) is 0 Å². The monoisotopic (exact) mass is 344 g/mol. The van der Waals surface area contributed by atoms with Crippen LogP contribution in [-0.4, -0.2) is 31.8 Å². The van der Waals surface area contributed by atoms with Crippen LogP contribution in [0.4, 0.5) is 0 Å². The van der Waals surface area contributed by atoms with E-state index in [2.05, 4.69) is 15.0 Å². The van der Waals surface area contributed by atoms with Gasteiger partial charge >= 0.3 is 0 Å². The molecule has 0 saturated carbocycles. The maximum Gasteiger partial charge on any atom is 0.120 e. The molecular weight excluding hydrogens is 324 g/mol. The number of phenolic OH excluding ortho intramolecular Hbond substituents is 1. The molecule has 26 heavy (non-hydrogen) atoms. The van der Waals surface area contributed by atoms with Crippen LogP contribution < -0.4 is 0 Å². The Kier molecular flexibility index (Phi) is 4.37. The van der Waals surface area contributed by atoms with Crippen molar-refractivity contribution in [1.29, 1.82) is 0 Å². The van der Waals surface area contributed by atoms with Gasteiger partial charge in [-0.25, -0.2) is 4.68 Å². The largest absolute Gasteiger partial charge is 0.508 e. The molecule has 0 amide bonds. The van der Waals surface area contributed by atoms with Crippen LogP contribution in [0, 0.1) is 0 Å². The predicted molar refractivity (Wildman–Crippen MR) is 102 cm³/mol. The number of aromatic hydroxyl groups is 1. The van der Waals surface area contributed by atoms with Crippen molar-refractivity contribution in [3.05, 3.63) is 84.4 Å². The van der Waals surface area contributed by atoms with Gasteiger partial charge in [0.05, 0.1) is 11.9 Å². The zero-order valence-corrected chi connectivity index (χ0v) is 14.6. The number of hydrogen-bond acceptors (Lipinski definition) is 4. The highest BCUT2D eigenvalue weighted by molar-refractivity contribution is 5.86. The fourth-order valence-corrected chi connectivity index (χ4v) is 3.18. The van der Waals surface area contributed by atoms with Crippen molar-refractivity contribution >= 4 is 10.8 Å². The molecule has 0 aliphatic heterocycles. The second-order valence-corrected chi connectivity index (χ2v) is 6.46. The lowest BCUT2D eigenvalue weighted by molar-refractivity contribution is 0.314. The fraction of sp³-hybridized carbons (Fsp3) is 0.143. The molecule has 0 fully saturated rings. The molecule has 1 N–H and O–H groups in total. The van der Waals surface area contributed by atoms with E-state index in [1.807, 2.05) is 72.8 Å². The quantitative estimate of drug-likeness (QED) is 0.599. The number of aromatic nitrogens is 3. The number of phenols is 1. The number of benzene rings is 2. The number of para-hydroxylation sites is 1. The third kappa shape index (κ3) is 3.30. The molecule has 0 spiro atoms. The Morgan fingerprint density at radius 1 is 1.00 bits per heavy atom. The second-order valence-electron chi connectivity index (χ2n) is 6.46. The molecule has 130 valence electrons. The summed E-state index contributed by atoms with van der Waals surface area (Å²) in [6.07, 6.45) is 7.50. The van der Waals surface area contributed by atoms with E-state index in [-0.39, 0.29) is 0 Å². The molecule has 0 radical (unpaired) electrons. The van der Waals surface area contributed by atoms with Gasteiger partial charge in [-0.3, -0.25) is 9.88 Å². The number of pyridine rings is 1. The molecule has 5 nitrogen and oxygen atoms in total. The number of fused-ring (bicyclic) bond motifs is 1. The molecule has 5 heteroatoms. The lowest BCUT2D eigenvalue weighted by atomic mass is 10.1. The van der Waals surface area contributed by atoms with E-state index in [1.54, 1.807) is 12.3 Å². The summed E-state index contributed by atoms with van der Waals surface area (Å²) in [4.78, 5) is 6.36. The molecule has 0 aliphatic carbocycles. The van der Waals surface area contributed by atoms with E-state index in [0.717, 1.165) is 34.1 Å². The molecule has 0 unspecified atom stereocenters. The number of rotatable bonds is 5. The topological polar surface area (TPSA) is 54.2 Å². The zero-order chi connectivity index (χ0) is 17.9. The average Bonchev–Trinajstić information content (AvgIpc) is 3.13. The van der Waals surface area contributed by atoms with Gasteiger partial charge in [-0.15, -0.1) is 0 Å². The van der Waals surface area contributed by atoms with Crippen LogP contribution in [-0.2, 0) is 13.1 Å². The number of hydrogen-bond donors (Lipinski definition) is 1. The first-order valence-corrected chi connectivity index (χ1v) is 8.53. The summed E-state index contributed by atoms with van der Waals surface area (Å²) in [5.41, 5.74) is 3.06. The average molecular weight is 344 g/mol. The maximum atomic E-state index is 10.3. The number of nitrogens with zero attached hydrogens (tertiary/aromatic N) is 4. The fourth-order valence-electron chi connectivity index (χ4n) is 3.18. The van der Waals surface area contributed by atoms with E-state index in [1.165, 1.54) is 0 Å². The summed E-state index contributed by atoms with van der Waals surface area (Å²) in [5, 5.41) is 16.8. The predicted octanol–water partition coefficient (Wildman–Crippen LogP) is 3.76. The minimum absolute atomic E-state index is 0.303. The maximum absolute atomic E-state index is 10.3. The summed E-state index contributed by atoms with van der Waals surface area (Å²) in [6.45, 7) is 1.37. The van der Waals surface area contributed by atoms with Crippen molar-refractivity contribution in [2.45, 2.75) is 13.1 Å². The Bertz CT molecular complexity index is 1030. The Morgan fingerprint density at radius 2 is 1.85 bits per heavy atom. The SMILES string of the molecule is CN(Cc1cnn(-c2ccccc2)c1)Cc1c(O)ccc2ccncc12. The summed E-state index contributed by atoms with van der Waals surface area (Å²) >= 11 is 0. The van der Waals surface area contributed by atoms with Crippen LogP contribution >= 0.6 is 0 Å². The summed E-state index contributed by atoms with van der Waals surface area (Å²) in [5.74, 6) is 0.303. The van der Waals surface area contributed by atoms with E-state index >= 15 is 0 Å². The minimum atomic E-state index is 0.303. The van der Waals surface area contributed by atoms with Gasteiger partial charge in [-0.05, 0) is 36.7 Å². The van der Waals surface area contributed by atoms with Crippen molar-refractivity contribution < 1.29 is 5.11 Å². The molecule has 0 aliphatic rings. The first-order chi connectivity index (χ1) is 12.7. The van der Waals surface area contributed by atoms with E-state index in [4.69, 9.17) is 0 Å². The van der Waals surface area contributed by atoms with Gasteiger partial charge in [-0.1, -0.05) is 24.3 Å². The van der Waals surface area contributed by atoms with Crippen molar-refractivity contribution in [2.75, 3.05) is 7.05 Å². The molecule has 0 atom stereocenters. The normalized spacial score (nSPS) is 11.3. The van der Waals surface area contributed by atoms with Crippen LogP contribution in [0.1, 0.15) is 11.1 Å². The lowest BCUT2D eigenvalue weighted by Crippen LogP contribution is -2.17. The second kappa shape index (κ2) is 6.98. The van der Waals surface area contributed by atoms with Crippen LogP contribution in [0.2, 0.25) is 0 Å². The Hall–Kier alpha value is -3.18. The zero-order valence-electron chi connectivity index (χ0n) is 14.6. The first kappa shape index (κ1) is 16.3. The minimum Gasteiger partial charge on any atom is -0.508 e. The third-order valence-corrected chi connectivity index (χ3v) is 4.45. The van der Waals surface area contributed by atoms with Gasteiger partial charge in [0, 0.05) is 48.2 Å². The van der Waals surface area contributed by atoms with Gasteiger partial charge < -0.3 is 5.11 Å². The molecule has 2 aromatic carbocycles. The van der Waals surface area contributed by atoms with Crippen LogP contribution in [0.5, 0.6) is 5.75 Å². The van der Waals surface area contributed by atoms with Gasteiger partial charge in [0.1, 0.15) is 5.75 Å². The van der Waals surface area contributed by atoms with E-state index < -0.39 is 0 Å². The molecule has 4 aromatic rings. The van der Waals surface area contributed by atoms with Crippen molar-refractivity contribution in [3.8, 4) is 11.4 Å². The van der Waals surface area contributed by atoms with Crippen LogP contribution in [0.25, 0.3) is 16.5 Å². The third-order valence-electron chi connectivity index (χ3n) is 4.45. The Morgan fingerprint density at radius 3 is 2.69 bits per heavy atom. The highest BCUT2D eigenvalue weighted by Gasteiger charge is 2.11. The van der Waals surface area contributed by atoms with Crippen molar-refractivity contribution in [3.63, 3.8) is 0 Å². The summed E-state index contributed by atoms with van der Waals surface area (Å²) < 4.78 is 1.88. The molecule has 4 rings (SSSR count). The smallest absolute Gasteiger partial charge is 0.120 e. The standard InChI is InChI=1S/C21H20N4O/c1-24(13-16-11-23-25(14-16)18-5-3-2-4-6-18)15-20-19-12-22-10-9-17(19)7-8-21(20)26/h2-12,14,26H,13,15H2,1H3. The van der Waals surface area contributed by atoms with Gasteiger partial charge in [0.2, 0.25) is 0 Å². The van der Waals surface area contributed by atoms with Gasteiger partial charge in [0.25, 0.3) is 0 Å². The van der Waals surface area contributed by atoms with Gasteiger partial charge in [0.15, 0.2) is 0 Å². The summed E-state index contributed by atoms with van der Waals surface area (Å²) in [6, 6.07) is 15.7. The lowest BCUT2D eigenvalue weighted by Gasteiger charge is -2.18. The molecular formula is C21H20N4O. The Balaban J connectivity index is 1.52. The highest BCUT2D eigenvalue weighted by atomic mass is 16.3. The summed E-state index contributed by atoms with van der Waals surface area (Å²) in [7, 11) is 2.04.